The lowest BCUT2D eigenvalue weighted by Gasteiger charge is -2.36. The molecule has 0 aliphatic carbocycles. The molecule has 0 saturated carbocycles. The molecule has 2 aliphatic heterocycles. The molecule has 1 saturated heterocycles. The average Bonchev–Trinajstić information content (AvgIpc) is 2.79. The Morgan fingerprint density at radius 3 is 2.29 bits per heavy atom. The van der Waals surface area contributed by atoms with Gasteiger partial charge in [-0.25, -0.2) is 0 Å². The summed E-state index contributed by atoms with van der Waals surface area (Å²) < 4.78 is 0. The van der Waals surface area contributed by atoms with Crippen molar-refractivity contribution in [2.45, 2.75) is 46.0 Å². The Morgan fingerprint density at radius 1 is 0.968 bits per heavy atom. The maximum atomic E-state index is 6.53. The van der Waals surface area contributed by atoms with Gasteiger partial charge in [0.15, 0.2) is 0 Å². The van der Waals surface area contributed by atoms with Crippen LogP contribution < -0.4 is 22.1 Å². The summed E-state index contributed by atoms with van der Waals surface area (Å²) in [5.41, 5.74) is 22.5. The van der Waals surface area contributed by atoms with Crippen LogP contribution in [0, 0.1) is 0 Å². The molecule has 174 valence electrons. The Kier molecular flexibility index (Phi) is 10.1. The number of piperazine rings is 1. The highest BCUT2D eigenvalue weighted by atomic mass is 15.3. The van der Waals surface area contributed by atoms with Gasteiger partial charge in [0.1, 0.15) is 5.84 Å². The van der Waals surface area contributed by atoms with Crippen LogP contribution in [-0.2, 0) is 0 Å². The van der Waals surface area contributed by atoms with E-state index in [4.69, 9.17) is 16.5 Å². The third-order valence-electron chi connectivity index (χ3n) is 5.97. The van der Waals surface area contributed by atoms with E-state index in [1.54, 1.807) is 0 Å². The predicted octanol–water partition coefficient (Wildman–Crippen LogP) is 2.93. The van der Waals surface area contributed by atoms with E-state index in [-0.39, 0.29) is 0 Å². The maximum absolute atomic E-state index is 6.53. The number of hydrogen-bond acceptors (Lipinski definition) is 7. The van der Waals surface area contributed by atoms with Gasteiger partial charge in [-0.15, -0.1) is 0 Å². The Labute approximate surface area is 188 Å². The van der Waals surface area contributed by atoms with Crippen LogP contribution in [0.1, 0.15) is 51.5 Å². The molecule has 0 unspecified atom stereocenters. The molecular formula is C24H43N7. The normalized spacial score (nSPS) is 17.4. The third kappa shape index (κ3) is 6.37. The first-order valence-electron chi connectivity index (χ1n) is 11.8. The van der Waals surface area contributed by atoms with Gasteiger partial charge < -0.3 is 31.9 Å². The number of nitrogens with zero attached hydrogens (tertiary/aromatic N) is 4. The third-order valence-corrected chi connectivity index (χ3v) is 5.97. The second-order valence-electron chi connectivity index (χ2n) is 8.28. The van der Waals surface area contributed by atoms with Crippen LogP contribution in [0.25, 0.3) is 5.70 Å². The summed E-state index contributed by atoms with van der Waals surface area (Å²) in [6, 6.07) is 6.43. The smallest absolute Gasteiger partial charge is 0.104 e. The Hall–Kier alpha value is -2.25. The molecule has 0 amide bonds. The Balaban J connectivity index is 0.00000166. The van der Waals surface area contributed by atoms with Gasteiger partial charge in [0.2, 0.25) is 0 Å². The highest BCUT2D eigenvalue weighted by molar-refractivity contribution is 5.95. The molecule has 2 heterocycles. The maximum Gasteiger partial charge on any atom is 0.104 e. The van der Waals surface area contributed by atoms with Crippen molar-refractivity contribution in [3.8, 4) is 0 Å². The molecule has 0 bridgehead atoms. The van der Waals surface area contributed by atoms with Crippen LogP contribution in [0.3, 0.4) is 0 Å². The second-order valence-corrected chi connectivity index (χ2v) is 8.28. The Bertz CT molecular complexity index is 748. The average molecular weight is 430 g/mol. The van der Waals surface area contributed by atoms with Crippen molar-refractivity contribution in [2.75, 3.05) is 64.0 Å². The molecule has 6 N–H and O–H groups in total. The van der Waals surface area contributed by atoms with E-state index in [0.717, 1.165) is 93.3 Å². The highest BCUT2D eigenvalue weighted by Crippen LogP contribution is 2.34. The van der Waals surface area contributed by atoms with Crippen LogP contribution in [0.5, 0.6) is 0 Å². The van der Waals surface area contributed by atoms with Crippen molar-refractivity contribution >= 4 is 22.9 Å². The van der Waals surface area contributed by atoms with Gasteiger partial charge in [0.25, 0.3) is 0 Å². The van der Waals surface area contributed by atoms with Crippen LogP contribution in [0.2, 0.25) is 0 Å². The molecule has 2 aliphatic rings. The fourth-order valence-electron chi connectivity index (χ4n) is 4.07. The van der Waals surface area contributed by atoms with Crippen molar-refractivity contribution in [2.24, 2.45) is 16.5 Å². The summed E-state index contributed by atoms with van der Waals surface area (Å²) >= 11 is 0. The minimum atomic E-state index is 0.565. The summed E-state index contributed by atoms with van der Waals surface area (Å²) in [6.07, 6.45) is 5.55. The van der Waals surface area contributed by atoms with E-state index in [9.17, 15) is 0 Å². The van der Waals surface area contributed by atoms with E-state index in [2.05, 4.69) is 53.5 Å². The number of anilines is 2. The van der Waals surface area contributed by atoms with Gasteiger partial charge in [-0.1, -0.05) is 26.7 Å². The number of hydrogen-bond donors (Lipinski definition) is 3. The topological polar surface area (TPSA) is 100 Å². The van der Waals surface area contributed by atoms with Crippen molar-refractivity contribution < 1.29 is 0 Å². The lowest BCUT2D eigenvalue weighted by molar-refractivity contribution is 0.313. The molecule has 7 heteroatoms. The lowest BCUT2D eigenvalue weighted by Crippen LogP contribution is -2.44. The second kappa shape index (κ2) is 12.6. The highest BCUT2D eigenvalue weighted by Gasteiger charge is 2.26. The zero-order valence-electron chi connectivity index (χ0n) is 20.0. The fraction of sp³-hybridized carbons (Fsp3) is 0.625. The van der Waals surface area contributed by atoms with Crippen LogP contribution >= 0.6 is 0 Å². The molecule has 7 nitrogen and oxygen atoms in total. The van der Waals surface area contributed by atoms with Gasteiger partial charge in [-0.2, -0.15) is 0 Å². The zero-order chi connectivity index (χ0) is 22.8. The number of nitrogens with two attached hydrogens (primary N) is 3. The zero-order valence-corrected chi connectivity index (χ0v) is 20.0. The molecule has 31 heavy (non-hydrogen) atoms. The monoisotopic (exact) mass is 429 g/mol. The predicted molar refractivity (Wildman–Crippen MR) is 135 cm³/mol. The van der Waals surface area contributed by atoms with Crippen LogP contribution in [-0.4, -0.2) is 69.0 Å². The first-order valence-corrected chi connectivity index (χ1v) is 11.8. The molecule has 1 aromatic rings. The van der Waals surface area contributed by atoms with Crippen molar-refractivity contribution in [1.29, 1.82) is 0 Å². The number of benzene rings is 1. The van der Waals surface area contributed by atoms with E-state index in [1.807, 2.05) is 6.07 Å². The lowest BCUT2D eigenvalue weighted by atomic mass is 10.0. The fourth-order valence-corrected chi connectivity index (χ4v) is 4.07. The Morgan fingerprint density at radius 2 is 1.65 bits per heavy atom. The molecule has 0 radical (unpaired) electrons. The minimum absolute atomic E-state index is 0.565. The summed E-state index contributed by atoms with van der Waals surface area (Å²) in [4.78, 5) is 12.0. The molecule has 0 spiro atoms. The summed E-state index contributed by atoms with van der Waals surface area (Å²) in [5, 5.41) is 0. The largest absolute Gasteiger partial charge is 0.399 e. The number of unbranched alkanes of at least 4 members (excludes halogenated alkanes) is 2. The van der Waals surface area contributed by atoms with Gasteiger partial charge in [0.05, 0.1) is 17.9 Å². The van der Waals surface area contributed by atoms with Crippen molar-refractivity contribution in [3.05, 3.63) is 29.5 Å². The van der Waals surface area contributed by atoms with E-state index in [1.165, 1.54) is 12.7 Å². The molecular weight excluding hydrogens is 386 g/mol. The molecule has 0 aromatic heterocycles. The number of likely N-dealkylation sites (N-methyl/N-ethyl adjacent to an activating group) is 1. The quantitative estimate of drug-likeness (QED) is 0.550. The molecule has 1 fully saturated rings. The molecule has 0 atom stereocenters. The SMILES string of the molecule is CCCCC1=NCC(N)=C(c2cc(N3CCN(C)CC3)ccc2N)N1CCCC.CN. The summed E-state index contributed by atoms with van der Waals surface area (Å²) in [6.45, 7) is 10.2. The summed E-state index contributed by atoms with van der Waals surface area (Å²) in [7, 11) is 3.68. The number of rotatable bonds is 8. The van der Waals surface area contributed by atoms with Gasteiger partial charge in [0, 0.05) is 56.1 Å². The van der Waals surface area contributed by atoms with E-state index >= 15 is 0 Å². The number of aliphatic imine (C=N–C) groups is 1. The number of nitrogen functional groups attached to an aromatic ring is 1. The van der Waals surface area contributed by atoms with Crippen molar-refractivity contribution in [3.63, 3.8) is 0 Å². The first-order chi connectivity index (χ1) is 15.0. The molecule has 3 rings (SSSR count). The van der Waals surface area contributed by atoms with Gasteiger partial charge >= 0.3 is 0 Å². The summed E-state index contributed by atoms with van der Waals surface area (Å²) in [5.74, 6) is 1.16. The van der Waals surface area contributed by atoms with Gasteiger partial charge in [-0.3, -0.25) is 4.99 Å². The first kappa shape index (κ1) is 25.0. The van der Waals surface area contributed by atoms with E-state index in [0.29, 0.717) is 6.54 Å². The van der Waals surface area contributed by atoms with E-state index < -0.39 is 0 Å². The van der Waals surface area contributed by atoms with Gasteiger partial charge in [-0.05, 0) is 45.1 Å². The van der Waals surface area contributed by atoms with Crippen LogP contribution in [0.15, 0.2) is 28.9 Å². The van der Waals surface area contributed by atoms with Crippen LogP contribution in [0.4, 0.5) is 11.4 Å². The van der Waals surface area contributed by atoms with Crippen molar-refractivity contribution in [1.82, 2.24) is 9.80 Å². The molecule has 1 aromatic carbocycles. The number of amidine groups is 1. The standard InChI is InChI=1S/C23H38N6.CH5N/c1-4-6-8-22-26-17-21(25)23(29(22)11-7-5-2)19-16-18(9-10-20(19)24)28-14-12-27(3)13-15-28;1-2/h9-10,16H,4-8,11-15,17,24-25H2,1-3H3;2H2,1H3. The minimum Gasteiger partial charge on any atom is -0.399 e.